The van der Waals surface area contributed by atoms with Crippen molar-refractivity contribution in [2.75, 3.05) is 7.05 Å². The second kappa shape index (κ2) is 5.04. The first kappa shape index (κ1) is 10.3. The first-order valence-electron chi connectivity index (χ1n) is 3.56. The Bertz CT molecular complexity index is 279. The Hall–Kier alpha value is -0.810. The zero-order chi connectivity index (χ0) is 9.68. The molecule has 0 atom stereocenters. The molecule has 0 unspecified atom stereocenters. The van der Waals surface area contributed by atoms with Gasteiger partial charge in [-0.15, -0.1) is 0 Å². The van der Waals surface area contributed by atoms with Gasteiger partial charge in [0.25, 0.3) is 0 Å². The molecule has 0 aliphatic heterocycles. The molecular weight excluding hydrogens is 206 g/mol. The van der Waals surface area contributed by atoms with Crippen LogP contribution < -0.4 is 0 Å². The average Bonchev–Trinajstić information content (AvgIpc) is 2.15. The lowest BCUT2D eigenvalue weighted by Crippen LogP contribution is -2.14. The summed E-state index contributed by atoms with van der Waals surface area (Å²) in [5, 5.41) is 8.55. The van der Waals surface area contributed by atoms with Gasteiger partial charge in [-0.1, -0.05) is 18.2 Å². The van der Waals surface area contributed by atoms with E-state index >= 15 is 0 Å². The third kappa shape index (κ3) is 3.61. The second-order valence-corrected chi connectivity index (χ2v) is 4.53. The molecule has 1 aromatic carbocycles. The number of benzene rings is 1. The minimum atomic E-state index is -0.937. The monoisotopic (exact) mass is 215 g/mol. The van der Waals surface area contributed by atoms with Crippen molar-refractivity contribution in [2.24, 2.45) is 0 Å². The fraction of sp³-hybridized carbons (Fsp3) is 0.125. The van der Waals surface area contributed by atoms with Crippen LogP contribution in [0.1, 0.15) is 0 Å². The summed E-state index contributed by atoms with van der Waals surface area (Å²) in [7, 11) is 4.12. The van der Waals surface area contributed by atoms with Gasteiger partial charge in [-0.2, -0.15) is 0 Å². The lowest BCUT2D eigenvalue weighted by molar-refractivity contribution is 0.181. The first-order chi connectivity index (χ1) is 6.20. The molecular formula is C8H9NO2S2. The molecule has 1 N–H and O–H groups in total. The normalized spacial score (nSPS) is 9.62. The molecule has 3 nitrogen and oxygen atoms in total. The van der Waals surface area contributed by atoms with E-state index < -0.39 is 6.09 Å². The van der Waals surface area contributed by atoms with Gasteiger partial charge >= 0.3 is 6.09 Å². The van der Waals surface area contributed by atoms with Crippen LogP contribution in [0.2, 0.25) is 0 Å². The molecule has 0 heterocycles. The highest BCUT2D eigenvalue weighted by molar-refractivity contribution is 8.75. The Kier molecular flexibility index (Phi) is 3.98. The molecule has 1 aromatic rings. The molecule has 0 aliphatic rings. The lowest BCUT2D eigenvalue weighted by Gasteiger charge is -2.09. The summed E-state index contributed by atoms with van der Waals surface area (Å²) >= 11 is 0. The average molecular weight is 215 g/mol. The third-order valence-electron chi connectivity index (χ3n) is 1.26. The quantitative estimate of drug-likeness (QED) is 0.621. The molecule has 13 heavy (non-hydrogen) atoms. The van der Waals surface area contributed by atoms with Gasteiger partial charge in [-0.25, -0.2) is 9.10 Å². The Morgan fingerprint density at radius 1 is 1.38 bits per heavy atom. The van der Waals surface area contributed by atoms with Gasteiger partial charge in [0.2, 0.25) is 0 Å². The van der Waals surface area contributed by atoms with E-state index in [1.54, 1.807) is 0 Å². The number of carboxylic acid groups (broad SMARTS) is 1. The maximum Gasteiger partial charge on any atom is 0.417 e. The summed E-state index contributed by atoms with van der Waals surface area (Å²) in [5.41, 5.74) is 0. The van der Waals surface area contributed by atoms with Gasteiger partial charge in [-0.05, 0) is 22.9 Å². The molecule has 0 aromatic heterocycles. The van der Waals surface area contributed by atoms with Gasteiger partial charge < -0.3 is 5.11 Å². The maximum atomic E-state index is 10.4. The summed E-state index contributed by atoms with van der Waals surface area (Å²) < 4.78 is 1.16. The Morgan fingerprint density at radius 3 is 2.54 bits per heavy atom. The predicted octanol–water partition coefficient (Wildman–Crippen LogP) is 2.95. The molecule has 1 amide bonds. The van der Waals surface area contributed by atoms with Crippen molar-refractivity contribution in [1.82, 2.24) is 4.31 Å². The van der Waals surface area contributed by atoms with Crippen molar-refractivity contribution in [2.45, 2.75) is 4.90 Å². The Morgan fingerprint density at radius 2 is 2.00 bits per heavy atom. The maximum absolute atomic E-state index is 10.4. The fourth-order valence-electron chi connectivity index (χ4n) is 0.607. The summed E-state index contributed by atoms with van der Waals surface area (Å²) in [6.07, 6.45) is -0.937. The van der Waals surface area contributed by atoms with E-state index in [0.717, 1.165) is 9.20 Å². The van der Waals surface area contributed by atoms with Crippen molar-refractivity contribution >= 4 is 27.9 Å². The molecule has 0 fully saturated rings. The van der Waals surface area contributed by atoms with Crippen molar-refractivity contribution in [1.29, 1.82) is 0 Å². The SMILES string of the molecule is CN(SSc1ccccc1)C(=O)O. The van der Waals surface area contributed by atoms with Crippen LogP contribution in [-0.4, -0.2) is 22.6 Å². The van der Waals surface area contributed by atoms with E-state index in [9.17, 15) is 4.79 Å². The van der Waals surface area contributed by atoms with Crippen LogP contribution >= 0.6 is 21.8 Å². The second-order valence-electron chi connectivity index (χ2n) is 2.25. The minimum absolute atomic E-state index is 0.937. The lowest BCUT2D eigenvalue weighted by atomic mass is 10.4. The van der Waals surface area contributed by atoms with Crippen LogP contribution in [-0.2, 0) is 0 Å². The van der Waals surface area contributed by atoms with Gasteiger partial charge in [0, 0.05) is 22.9 Å². The highest BCUT2D eigenvalue weighted by atomic mass is 33.1. The van der Waals surface area contributed by atoms with Crippen LogP contribution in [0.15, 0.2) is 35.2 Å². The van der Waals surface area contributed by atoms with Gasteiger partial charge in [-0.3, -0.25) is 0 Å². The zero-order valence-electron chi connectivity index (χ0n) is 7.01. The molecule has 70 valence electrons. The van der Waals surface area contributed by atoms with Gasteiger partial charge in [0.15, 0.2) is 0 Å². The van der Waals surface area contributed by atoms with E-state index in [2.05, 4.69) is 0 Å². The van der Waals surface area contributed by atoms with E-state index in [-0.39, 0.29) is 0 Å². The molecule has 0 spiro atoms. The third-order valence-corrected chi connectivity index (χ3v) is 3.65. The molecule has 0 bridgehead atoms. The number of carbonyl (C=O) groups is 1. The Labute approximate surface area is 84.7 Å². The first-order valence-corrected chi connectivity index (χ1v) is 5.67. The summed E-state index contributed by atoms with van der Waals surface area (Å²) in [6.45, 7) is 0. The number of hydrogen-bond donors (Lipinski definition) is 1. The molecule has 5 heteroatoms. The number of amides is 1. The number of hydrogen-bond acceptors (Lipinski definition) is 3. The summed E-state index contributed by atoms with van der Waals surface area (Å²) in [6, 6.07) is 9.64. The van der Waals surface area contributed by atoms with Crippen molar-refractivity contribution in [3.8, 4) is 0 Å². The van der Waals surface area contributed by atoms with Crippen LogP contribution in [0.25, 0.3) is 0 Å². The zero-order valence-corrected chi connectivity index (χ0v) is 8.64. The Balaban J connectivity index is 2.39. The van der Waals surface area contributed by atoms with Crippen LogP contribution in [0.4, 0.5) is 4.79 Å². The van der Waals surface area contributed by atoms with Crippen molar-refractivity contribution in [3.05, 3.63) is 30.3 Å². The van der Waals surface area contributed by atoms with Crippen LogP contribution in [0, 0.1) is 0 Å². The fourth-order valence-corrected chi connectivity index (χ4v) is 2.25. The standard InChI is InChI=1S/C8H9NO2S2/c1-9(8(10)11)13-12-7-5-3-2-4-6-7/h2-6H,1H3,(H,10,11). The highest BCUT2D eigenvalue weighted by Crippen LogP contribution is 2.32. The van der Waals surface area contributed by atoms with E-state index in [4.69, 9.17) is 5.11 Å². The smallest absolute Gasteiger partial charge is 0.417 e. The molecule has 0 saturated heterocycles. The molecule has 1 rings (SSSR count). The molecule has 0 aliphatic carbocycles. The predicted molar refractivity (Wildman–Crippen MR) is 55.7 cm³/mol. The number of nitrogens with zero attached hydrogens (tertiary/aromatic N) is 1. The van der Waals surface area contributed by atoms with E-state index in [0.29, 0.717) is 0 Å². The van der Waals surface area contributed by atoms with E-state index in [1.165, 1.54) is 28.8 Å². The topological polar surface area (TPSA) is 40.5 Å². The number of rotatable bonds is 3. The van der Waals surface area contributed by atoms with Crippen molar-refractivity contribution < 1.29 is 9.90 Å². The van der Waals surface area contributed by atoms with Crippen LogP contribution in [0.3, 0.4) is 0 Å². The van der Waals surface area contributed by atoms with Gasteiger partial charge in [0.05, 0.1) is 0 Å². The summed E-state index contributed by atoms with van der Waals surface area (Å²) in [5.74, 6) is 0. The van der Waals surface area contributed by atoms with Gasteiger partial charge in [0.1, 0.15) is 0 Å². The molecule has 0 saturated carbocycles. The van der Waals surface area contributed by atoms with Crippen molar-refractivity contribution in [3.63, 3.8) is 0 Å². The molecule has 0 radical (unpaired) electrons. The minimum Gasteiger partial charge on any atom is -0.464 e. The van der Waals surface area contributed by atoms with Crippen LogP contribution in [0.5, 0.6) is 0 Å². The highest BCUT2D eigenvalue weighted by Gasteiger charge is 2.06. The summed E-state index contributed by atoms with van der Waals surface area (Å²) in [4.78, 5) is 11.5. The largest absolute Gasteiger partial charge is 0.464 e. The van der Waals surface area contributed by atoms with E-state index in [1.807, 2.05) is 30.3 Å².